The lowest BCUT2D eigenvalue weighted by molar-refractivity contribution is -0.131. The third-order valence-electron chi connectivity index (χ3n) is 7.04. The van der Waals surface area contributed by atoms with E-state index in [0.717, 1.165) is 29.1 Å². The quantitative estimate of drug-likeness (QED) is 0.413. The molecule has 0 radical (unpaired) electrons. The summed E-state index contributed by atoms with van der Waals surface area (Å²) in [4.78, 5) is 36.4. The van der Waals surface area contributed by atoms with Gasteiger partial charge in [0.25, 0.3) is 5.91 Å². The van der Waals surface area contributed by atoms with Crippen molar-refractivity contribution >= 4 is 52.0 Å². The standard InChI is InChI=1S/C27H27Cl2FN4O2S/c28-22-6-5-21(16-23(22)29)32-11-13-34(14-12-32)27(36)24-17-37-26(31-24)19-7-9-33(10-8-19)25(35)15-18-1-3-20(30)4-2-18/h1-6,16-17,19H,7-15H2. The second kappa shape index (κ2) is 11.4. The Labute approximate surface area is 229 Å². The maximum atomic E-state index is 13.1. The minimum atomic E-state index is -0.302. The van der Waals surface area contributed by atoms with Crippen LogP contribution in [0.5, 0.6) is 0 Å². The van der Waals surface area contributed by atoms with Gasteiger partial charge in [-0.1, -0.05) is 35.3 Å². The number of benzene rings is 2. The van der Waals surface area contributed by atoms with Gasteiger partial charge in [-0.2, -0.15) is 0 Å². The van der Waals surface area contributed by atoms with Crippen molar-refractivity contribution in [2.75, 3.05) is 44.2 Å². The van der Waals surface area contributed by atoms with Crippen LogP contribution in [0.1, 0.15) is 39.8 Å². The van der Waals surface area contributed by atoms with Crippen molar-refractivity contribution in [3.05, 3.63) is 80.0 Å². The average Bonchev–Trinajstić information content (AvgIpc) is 3.42. The average molecular weight is 562 g/mol. The highest BCUT2D eigenvalue weighted by molar-refractivity contribution is 7.09. The number of thiazole rings is 1. The summed E-state index contributed by atoms with van der Waals surface area (Å²) in [5.41, 5.74) is 2.31. The highest BCUT2D eigenvalue weighted by Crippen LogP contribution is 2.31. The van der Waals surface area contributed by atoms with Crippen molar-refractivity contribution in [1.29, 1.82) is 0 Å². The molecule has 3 heterocycles. The molecule has 0 spiro atoms. The molecule has 2 aliphatic heterocycles. The predicted molar refractivity (Wildman–Crippen MR) is 145 cm³/mol. The van der Waals surface area contributed by atoms with Crippen LogP contribution in [0, 0.1) is 5.82 Å². The van der Waals surface area contributed by atoms with Crippen LogP contribution >= 0.6 is 34.5 Å². The van der Waals surface area contributed by atoms with E-state index in [1.807, 2.05) is 27.3 Å². The van der Waals surface area contributed by atoms with Crippen molar-refractivity contribution < 1.29 is 14.0 Å². The molecule has 6 nitrogen and oxygen atoms in total. The first kappa shape index (κ1) is 25.9. The first-order valence-electron chi connectivity index (χ1n) is 12.3. The van der Waals surface area contributed by atoms with Crippen molar-refractivity contribution in [3.8, 4) is 0 Å². The maximum absolute atomic E-state index is 13.1. The number of aromatic nitrogens is 1. The Morgan fingerprint density at radius 2 is 1.62 bits per heavy atom. The minimum absolute atomic E-state index is 0.0387. The highest BCUT2D eigenvalue weighted by Gasteiger charge is 2.28. The monoisotopic (exact) mass is 560 g/mol. The van der Waals surface area contributed by atoms with Gasteiger partial charge in [0, 0.05) is 56.3 Å². The highest BCUT2D eigenvalue weighted by atomic mass is 35.5. The summed E-state index contributed by atoms with van der Waals surface area (Å²) in [6.45, 7) is 3.96. The largest absolute Gasteiger partial charge is 0.368 e. The molecule has 37 heavy (non-hydrogen) atoms. The summed E-state index contributed by atoms with van der Waals surface area (Å²) in [5.74, 6) is -0.0416. The molecule has 194 valence electrons. The van der Waals surface area contributed by atoms with Crippen LogP contribution < -0.4 is 4.90 Å². The number of carbonyl (C=O) groups is 2. The minimum Gasteiger partial charge on any atom is -0.368 e. The Morgan fingerprint density at radius 3 is 2.30 bits per heavy atom. The van der Waals surface area contributed by atoms with Gasteiger partial charge in [-0.05, 0) is 48.7 Å². The molecule has 3 aromatic rings. The molecule has 2 saturated heterocycles. The second-order valence-electron chi connectivity index (χ2n) is 9.41. The molecule has 0 atom stereocenters. The number of hydrogen-bond acceptors (Lipinski definition) is 5. The van der Waals surface area contributed by atoms with Crippen LogP contribution in [0.4, 0.5) is 10.1 Å². The number of anilines is 1. The summed E-state index contributed by atoms with van der Waals surface area (Å²) >= 11 is 13.7. The van der Waals surface area contributed by atoms with Gasteiger partial charge in [0.2, 0.25) is 5.91 Å². The normalized spacial score (nSPS) is 16.8. The smallest absolute Gasteiger partial charge is 0.273 e. The fourth-order valence-electron chi connectivity index (χ4n) is 4.85. The zero-order valence-electron chi connectivity index (χ0n) is 20.2. The van der Waals surface area contributed by atoms with E-state index in [0.29, 0.717) is 55.0 Å². The molecule has 0 saturated carbocycles. The Hall–Kier alpha value is -2.68. The van der Waals surface area contributed by atoms with Crippen molar-refractivity contribution in [2.24, 2.45) is 0 Å². The van der Waals surface area contributed by atoms with Crippen LogP contribution in [-0.2, 0) is 11.2 Å². The van der Waals surface area contributed by atoms with E-state index in [1.165, 1.54) is 23.5 Å². The number of nitrogens with zero attached hydrogens (tertiary/aromatic N) is 4. The van der Waals surface area contributed by atoms with Crippen LogP contribution in [0.25, 0.3) is 0 Å². The number of rotatable bonds is 5. The third kappa shape index (κ3) is 6.08. The fourth-order valence-corrected chi connectivity index (χ4v) is 6.11. The van der Waals surface area contributed by atoms with Gasteiger partial charge in [-0.3, -0.25) is 9.59 Å². The van der Waals surface area contributed by atoms with Gasteiger partial charge in [-0.15, -0.1) is 11.3 Å². The Bertz CT molecular complexity index is 1270. The topological polar surface area (TPSA) is 56.8 Å². The van der Waals surface area contributed by atoms with Gasteiger partial charge in [0.05, 0.1) is 21.5 Å². The molecule has 2 fully saturated rings. The Morgan fingerprint density at radius 1 is 0.919 bits per heavy atom. The molecule has 0 unspecified atom stereocenters. The number of hydrogen-bond donors (Lipinski definition) is 0. The maximum Gasteiger partial charge on any atom is 0.273 e. The summed E-state index contributed by atoms with van der Waals surface area (Å²) < 4.78 is 13.1. The first-order chi connectivity index (χ1) is 17.9. The molecule has 2 aromatic carbocycles. The number of halogens is 3. The lowest BCUT2D eigenvalue weighted by Crippen LogP contribution is -2.48. The third-order valence-corrected chi connectivity index (χ3v) is 8.79. The van der Waals surface area contributed by atoms with E-state index >= 15 is 0 Å². The molecule has 0 N–H and O–H groups in total. The molecule has 2 amide bonds. The molecule has 0 aliphatic carbocycles. The fraction of sp³-hybridized carbons (Fsp3) is 0.370. The van der Waals surface area contributed by atoms with Crippen LogP contribution in [0.2, 0.25) is 10.0 Å². The molecule has 1 aromatic heterocycles. The van der Waals surface area contributed by atoms with Crippen LogP contribution in [-0.4, -0.2) is 65.9 Å². The SMILES string of the molecule is O=C(Cc1ccc(F)cc1)N1CCC(c2nc(C(=O)N3CCN(c4ccc(Cl)c(Cl)c4)CC3)cs2)CC1. The molecule has 2 aliphatic rings. The number of likely N-dealkylation sites (tertiary alicyclic amines) is 1. The molecule has 5 rings (SSSR count). The first-order valence-corrected chi connectivity index (χ1v) is 14.0. The van der Waals surface area contributed by atoms with Gasteiger partial charge in [-0.25, -0.2) is 9.37 Å². The Kier molecular flexibility index (Phi) is 7.98. The Balaban J connectivity index is 1.12. The van der Waals surface area contributed by atoms with Gasteiger partial charge in [0.1, 0.15) is 11.5 Å². The van der Waals surface area contributed by atoms with Gasteiger partial charge in [0.15, 0.2) is 0 Å². The lowest BCUT2D eigenvalue weighted by atomic mass is 9.97. The van der Waals surface area contributed by atoms with Crippen LogP contribution in [0.3, 0.4) is 0 Å². The van der Waals surface area contributed by atoms with E-state index in [1.54, 1.807) is 18.2 Å². The number of piperidine rings is 1. The van der Waals surface area contributed by atoms with E-state index in [9.17, 15) is 14.0 Å². The molecule has 10 heteroatoms. The zero-order chi connectivity index (χ0) is 25.9. The zero-order valence-corrected chi connectivity index (χ0v) is 22.5. The van der Waals surface area contributed by atoms with Crippen LogP contribution in [0.15, 0.2) is 47.8 Å². The summed E-state index contributed by atoms with van der Waals surface area (Å²) in [5, 5.41) is 3.87. The van der Waals surface area contributed by atoms with Crippen molar-refractivity contribution in [1.82, 2.24) is 14.8 Å². The van der Waals surface area contributed by atoms with Gasteiger partial charge >= 0.3 is 0 Å². The van der Waals surface area contributed by atoms with E-state index in [4.69, 9.17) is 28.2 Å². The summed E-state index contributed by atoms with van der Waals surface area (Å²) in [6, 6.07) is 11.7. The van der Waals surface area contributed by atoms with E-state index in [-0.39, 0.29) is 30.0 Å². The lowest BCUT2D eigenvalue weighted by Gasteiger charge is -2.36. The van der Waals surface area contributed by atoms with E-state index in [2.05, 4.69) is 4.90 Å². The second-order valence-corrected chi connectivity index (χ2v) is 11.1. The van der Waals surface area contributed by atoms with Crippen molar-refractivity contribution in [2.45, 2.75) is 25.2 Å². The number of carbonyl (C=O) groups excluding carboxylic acids is 2. The number of amides is 2. The molecular formula is C27H27Cl2FN4O2S. The van der Waals surface area contributed by atoms with Crippen molar-refractivity contribution in [3.63, 3.8) is 0 Å². The van der Waals surface area contributed by atoms with Gasteiger partial charge < -0.3 is 14.7 Å². The summed E-state index contributed by atoms with van der Waals surface area (Å²) in [7, 11) is 0. The molecule has 0 bridgehead atoms. The molecular weight excluding hydrogens is 534 g/mol. The summed E-state index contributed by atoms with van der Waals surface area (Å²) in [6.07, 6.45) is 1.91. The predicted octanol–water partition coefficient (Wildman–Crippen LogP) is 5.50. The number of piperazine rings is 1. The van der Waals surface area contributed by atoms with E-state index < -0.39 is 0 Å².